The van der Waals surface area contributed by atoms with Crippen molar-refractivity contribution < 1.29 is 14.3 Å². The molecule has 26 heavy (non-hydrogen) atoms. The first kappa shape index (κ1) is 17.9. The molecule has 3 heterocycles. The summed E-state index contributed by atoms with van der Waals surface area (Å²) in [6.45, 7) is 7.41. The molecule has 0 aromatic heterocycles. The minimum absolute atomic E-state index is 0.0471. The lowest BCUT2D eigenvalue weighted by Crippen LogP contribution is -2.47. The molecule has 4 atom stereocenters. The number of carbonyl (C=O) groups is 1. The topological polar surface area (TPSA) is 42.0 Å². The Bertz CT molecular complexity index is 746. The summed E-state index contributed by atoms with van der Waals surface area (Å²) in [7, 11) is 2.14. The lowest BCUT2D eigenvalue weighted by atomic mass is 9.78. The van der Waals surface area contributed by atoms with Crippen LogP contribution >= 0.6 is 15.9 Å². The first-order valence-corrected chi connectivity index (χ1v) is 9.84. The highest BCUT2D eigenvalue weighted by Gasteiger charge is 2.63. The van der Waals surface area contributed by atoms with E-state index in [-0.39, 0.29) is 42.2 Å². The molecule has 0 radical (unpaired) electrons. The molecule has 1 aromatic rings. The summed E-state index contributed by atoms with van der Waals surface area (Å²) in [5, 5.41) is 0. The molecule has 5 nitrogen and oxygen atoms in total. The zero-order valence-corrected chi connectivity index (χ0v) is 17.2. The Morgan fingerprint density at radius 2 is 1.96 bits per heavy atom. The summed E-state index contributed by atoms with van der Waals surface area (Å²) in [6.07, 6.45) is 1.62. The van der Waals surface area contributed by atoms with Crippen molar-refractivity contribution in [2.45, 2.75) is 38.4 Å². The van der Waals surface area contributed by atoms with Crippen LogP contribution in [0.2, 0.25) is 0 Å². The molecule has 4 unspecified atom stereocenters. The molecule has 3 aliphatic heterocycles. The molecule has 0 saturated carbocycles. The van der Waals surface area contributed by atoms with Crippen molar-refractivity contribution in [3.05, 3.63) is 46.3 Å². The van der Waals surface area contributed by atoms with E-state index in [9.17, 15) is 4.79 Å². The van der Waals surface area contributed by atoms with Crippen LogP contribution in [-0.2, 0) is 14.3 Å². The first-order valence-electron chi connectivity index (χ1n) is 9.04. The molecule has 0 N–H and O–H groups in total. The SMILES string of the molecule is CC1C2C(C(=O)N1CC1=COCO1)C(c1ccc(Br)cc1)N(C)C2(C)C. The van der Waals surface area contributed by atoms with Gasteiger partial charge in [0.15, 0.2) is 5.76 Å². The number of rotatable bonds is 3. The summed E-state index contributed by atoms with van der Waals surface area (Å²) < 4.78 is 11.7. The maximum absolute atomic E-state index is 13.4. The summed E-state index contributed by atoms with van der Waals surface area (Å²) in [6, 6.07) is 8.59. The van der Waals surface area contributed by atoms with E-state index in [4.69, 9.17) is 9.47 Å². The van der Waals surface area contributed by atoms with Gasteiger partial charge in [-0.15, -0.1) is 0 Å². The van der Waals surface area contributed by atoms with Gasteiger partial charge in [-0.25, -0.2) is 0 Å². The number of hydrogen-bond acceptors (Lipinski definition) is 4. The molecule has 2 saturated heterocycles. The number of carbonyl (C=O) groups excluding carboxylic acids is 1. The standard InChI is InChI=1S/C20H25BrN2O3/c1-12-17-16(19(24)23(12)9-15-10-25-11-26-15)18(22(4)20(17,2)3)13-5-7-14(21)8-6-13/h5-8,10,12,16-18H,9,11H2,1-4H3. The van der Waals surface area contributed by atoms with Crippen molar-refractivity contribution in [1.82, 2.24) is 9.80 Å². The molecular weight excluding hydrogens is 396 g/mol. The van der Waals surface area contributed by atoms with E-state index < -0.39 is 0 Å². The van der Waals surface area contributed by atoms with Crippen LogP contribution in [0.4, 0.5) is 0 Å². The smallest absolute Gasteiger partial charge is 0.229 e. The molecule has 0 aliphatic carbocycles. The van der Waals surface area contributed by atoms with Gasteiger partial charge in [0.1, 0.15) is 6.26 Å². The lowest BCUT2D eigenvalue weighted by Gasteiger charge is -2.39. The highest BCUT2D eigenvalue weighted by molar-refractivity contribution is 9.10. The van der Waals surface area contributed by atoms with Crippen molar-refractivity contribution >= 4 is 21.8 Å². The Morgan fingerprint density at radius 1 is 1.27 bits per heavy atom. The number of halogens is 1. The Labute approximate surface area is 163 Å². The van der Waals surface area contributed by atoms with E-state index >= 15 is 0 Å². The molecule has 0 bridgehead atoms. The van der Waals surface area contributed by atoms with Crippen LogP contribution in [0.15, 0.2) is 40.8 Å². The largest absolute Gasteiger partial charge is 0.462 e. The van der Waals surface area contributed by atoms with Gasteiger partial charge in [-0.2, -0.15) is 0 Å². The van der Waals surface area contributed by atoms with Gasteiger partial charge in [0.25, 0.3) is 0 Å². The van der Waals surface area contributed by atoms with Crippen molar-refractivity contribution in [2.75, 3.05) is 20.4 Å². The number of ether oxygens (including phenoxy) is 2. The third kappa shape index (κ3) is 2.57. The number of nitrogens with zero attached hydrogens (tertiary/aromatic N) is 2. The average molecular weight is 421 g/mol. The average Bonchev–Trinajstić information content (AvgIpc) is 3.24. The Kier molecular flexibility index (Phi) is 4.31. The monoisotopic (exact) mass is 420 g/mol. The summed E-state index contributed by atoms with van der Waals surface area (Å²) >= 11 is 3.51. The molecular formula is C20H25BrN2O3. The normalized spacial score (nSPS) is 33.0. The lowest BCUT2D eigenvalue weighted by molar-refractivity contribution is -0.133. The summed E-state index contributed by atoms with van der Waals surface area (Å²) in [5.74, 6) is 1.16. The highest BCUT2D eigenvalue weighted by Crippen LogP contribution is 2.55. The van der Waals surface area contributed by atoms with Gasteiger partial charge in [0.05, 0.1) is 12.5 Å². The summed E-state index contributed by atoms with van der Waals surface area (Å²) in [5.41, 5.74) is 1.12. The van der Waals surface area contributed by atoms with Gasteiger partial charge in [-0.05, 0) is 45.5 Å². The minimum Gasteiger partial charge on any atom is -0.462 e. The van der Waals surface area contributed by atoms with Gasteiger partial charge in [0.2, 0.25) is 12.7 Å². The zero-order valence-electron chi connectivity index (χ0n) is 15.6. The number of hydrogen-bond donors (Lipinski definition) is 0. The van der Waals surface area contributed by atoms with Crippen LogP contribution in [0.5, 0.6) is 0 Å². The van der Waals surface area contributed by atoms with Gasteiger partial charge in [-0.3, -0.25) is 9.69 Å². The third-order valence-corrected chi connectivity index (χ3v) is 7.04. The predicted molar refractivity (Wildman–Crippen MR) is 102 cm³/mol. The van der Waals surface area contributed by atoms with Gasteiger partial charge >= 0.3 is 0 Å². The van der Waals surface area contributed by atoms with Crippen LogP contribution < -0.4 is 0 Å². The molecule has 2 fully saturated rings. The van der Waals surface area contributed by atoms with Crippen LogP contribution in [-0.4, -0.2) is 47.7 Å². The quantitative estimate of drug-likeness (QED) is 0.749. The van der Waals surface area contributed by atoms with Crippen molar-refractivity contribution in [3.63, 3.8) is 0 Å². The Hall–Kier alpha value is -1.53. The zero-order chi connectivity index (χ0) is 18.6. The number of amides is 1. The number of fused-ring (bicyclic) bond motifs is 1. The Balaban J connectivity index is 1.70. The molecule has 1 amide bonds. The van der Waals surface area contributed by atoms with Crippen molar-refractivity contribution in [3.8, 4) is 0 Å². The van der Waals surface area contributed by atoms with E-state index in [0.29, 0.717) is 6.54 Å². The van der Waals surface area contributed by atoms with Crippen LogP contribution in [0.3, 0.4) is 0 Å². The fourth-order valence-corrected chi connectivity index (χ4v) is 5.33. The van der Waals surface area contributed by atoms with Crippen LogP contribution in [0, 0.1) is 11.8 Å². The van der Waals surface area contributed by atoms with E-state index in [0.717, 1.165) is 10.2 Å². The molecule has 4 rings (SSSR count). The minimum atomic E-state index is -0.0757. The summed E-state index contributed by atoms with van der Waals surface area (Å²) in [4.78, 5) is 17.8. The van der Waals surface area contributed by atoms with E-state index in [1.807, 2.05) is 4.90 Å². The van der Waals surface area contributed by atoms with Gasteiger partial charge < -0.3 is 14.4 Å². The van der Waals surface area contributed by atoms with Gasteiger partial charge in [0, 0.05) is 28.0 Å². The third-order valence-electron chi connectivity index (χ3n) is 6.51. The maximum Gasteiger partial charge on any atom is 0.229 e. The molecule has 1 aromatic carbocycles. The van der Waals surface area contributed by atoms with E-state index in [2.05, 4.69) is 72.9 Å². The maximum atomic E-state index is 13.4. The second-order valence-corrected chi connectivity index (χ2v) is 8.95. The van der Waals surface area contributed by atoms with Crippen LogP contribution in [0.1, 0.15) is 32.4 Å². The molecule has 0 spiro atoms. The molecule has 140 valence electrons. The molecule has 6 heteroatoms. The van der Waals surface area contributed by atoms with E-state index in [1.54, 1.807) is 6.26 Å². The fraction of sp³-hybridized carbons (Fsp3) is 0.550. The number of benzene rings is 1. The highest BCUT2D eigenvalue weighted by atomic mass is 79.9. The van der Waals surface area contributed by atoms with Gasteiger partial charge in [-0.1, -0.05) is 28.1 Å². The molecule has 3 aliphatic rings. The predicted octanol–water partition coefficient (Wildman–Crippen LogP) is 3.52. The van der Waals surface area contributed by atoms with E-state index in [1.165, 1.54) is 5.56 Å². The van der Waals surface area contributed by atoms with Crippen LogP contribution in [0.25, 0.3) is 0 Å². The second-order valence-electron chi connectivity index (χ2n) is 8.03. The number of likely N-dealkylation sites (tertiary alicyclic amines) is 2. The first-order chi connectivity index (χ1) is 12.3. The second kappa shape index (κ2) is 6.27. The van der Waals surface area contributed by atoms with Crippen molar-refractivity contribution in [1.29, 1.82) is 0 Å². The Morgan fingerprint density at radius 3 is 2.58 bits per heavy atom. The van der Waals surface area contributed by atoms with Crippen molar-refractivity contribution in [2.24, 2.45) is 11.8 Å². The fourth-order valence-electron chi connectivity index (χ4n) is 5.07.